The monoisotopic (exact) mass is 259 g/mol. The zero-order valence-electron chi connectivity index (χ0n) is 7.72. The van der Waals surface area contributed by atoms with Crippen LogP contribution in [-0.2, 0) is 6.42 Å². The van der Waals surface area contributed by atoms with Gasteiger partial charge in [0.1, 0.15) is 0 Å². The van der Waals surface area contributed by atoms with Crippen LogP contribution in [0.15, 0.2) is 27.6 Å². The fraction of sp³-hybridized carbons (Fsp3) is 0.400. The van der Waals surface area contributed by atoms with Crippen LogP contribution in [-0.4, -0.2) is 12.8 Å². The van der Waals surface area contributed by atoms with Crippen molar-refractivity contribution in [2.24, 2.45) is 5.73 Å². The molecule has 0 unspecified atom stereocenters. The normalized spacial score (nSPS) is 10.4. The average molecular weight is 260 g/mol. The lowest BCUT2D eigenvalue weighted by Crippen LogP contribution is -2.01. The lowest BCUT2D eigenvalue weighted by Gasteiger charge is -2.06. The number of aryl methyl sites for hydroxylation is 1. The third-order valence-corrected chi connectivity index (χ3v) is 3.22. The van der Waals surface area contributed by atoms with Crippen molar-refractivity contribution in [3.05, 3.63) is 28.2 Å². The predicted octanol–water partition coefficient (Wildman–Crippen LogP) is 3.06. The van der Waals surface area contributed by atoms with Crippen LogP contribution in [0.2, 0.25) is 0 Å². The summed E-state index contributed by atoms with van der Waals surface area (Å²) in [5.74, 6) is 0. The van der Waals surface area contributed by atoms with Gasteiger partial charge in [0.15, 0.2) is 0 Å². The molecule has 13 heavy (non-hydrogen) atoms. The van der Waals surface area contributed by atoms with Gasteiger partial charge >= 0.3 is 0 Å². The minimum Gasteiger partial charge on any atom is -0.330 e. The van der Waals surface area contributed by atoms with Gasteiger partial charge in [-0.25, -0.2) is 0 Å². The Morgan fingerprint density at radius 3 is 2.85 bits per heavy atom. The van der Waals surface area contributed by atoms with Gasteiger partial charge in [0.25, 0.3) is 0 Å². The number of hydrogen-bond donors (Lipinski definition) is 1. The Hall–Kier alpha value is 0.01000. The van der Waals surface area contributed by atoms with Crippen molar-refractivity contribution in [1.82, 2.24) is 0 Å². The van der Waals surface area contributed by atoms with Crippen molar-refractivity contribution in [3.63, 3.8) is 0 Å². The van der Waals surface area contributed by atoms with Crippen molar-refractivity contribution in [1.29, 1.82) is 0 Å². The molecule has 1 aromatic carbocycles. The second-order valence-electron chi connectivity index (χ2n) is 2.85. The minimum absolute atomic E-state index is 0.764. The van der Waals surface area contributed by atoms with E-state index in [4.69, 9.17) is 5.73 Å². The van der Waals surface area contributed by atoms with E-state index in [9.17, 15) is 0 Å². The van der Waals surface area contributed by atoms with E-state index in [1.807, 2.05) is 0 Å². The van der Waals surface area contributed by atoms with Gasteiger partial charge in [-0.15, -0.1) is 11.8 Å². The van der Waals surface area contributed by atoms with E-state index in [2.05, 4.69) is 40.4 Å². The molecule has 0 saturated heterocycles. The van der Waals surface area contributed by atoms with E-state index in [1.165, 1.54) is 10.5 Å². The summed E-state index contributed by atoms with van der Waals surface area (Å²) >= 11 is 5.27. The molecule has 72 valence electrons. The number of rotatable bonds is 4. The van der Waals surface area contributed by atoms with Gasteiger partial charge in [-0.1, -0.05) is 15.9 Å². The highest BCUT2D eigenvalue weighted by atomic mass is 79.9. The summed E-state index contributed by atoms with van der Waals surface area (Å²) in [4.78, 5) is 1.36. The van der Waals surface area contributed by atoms with Gasteiger partial charge in [0, 0.05) is 9.37 Å². The quantitative estimate of drug-likeness (QED) is 0.842. The molecule has 0 aliphatic carbocycles. The summed E-state index contributed by atoms with van der Waals surface area (Å²) < 4.78 is 1.15. The maximum atomic E-state index is 5.49. The Morgan fingerprint density at radius 1 is 1.46 bits per heavy atom. The van der Waals surface area contributed by atoms with Gasteiger partial charge in [0.05, 0.1) is 0 Å². The van der Waals surface area contributed by atoms with Gasteiger partial charge in [-0.2, -0.15) is 0 Å². The number of hydrogen-bond acceptors (Lipinski definition) is 2. The topological polar surface area (TPSA) is 26.0 Å². The highest BCUT2D eigenvalue weighted by Crippen LogP contribution is 2.24. The van der Waals surface area contributed by atoms with E-state index >= 15 is 0 Å². The number of nitrogens with two attached hydrogens (primary N) is 1. The lowest BCUT2D eigenvalue weighted by atomic mass is 10.1. The SMILES string of the molecule is CSc1ccc(Br)cc1CCCN. The third kappa shape index (κ3) is 3.33. The molecule has 0 amide bonds. The van der Waals surface area contributed by atoms with Crippen LogP contribution in [0.25, 0.3) is 0 Å². The van der Waals surface area contributed by atoms with Crippen molar-refractivity contribution in [2.75, 3.05) is 12.8 Å². The van der Waals surface area contributed by atoms with E-state index in [-0.39, 0.29) is 0 Å². The van der Waals surface area contributed by atoms with Crippen molar-refractivity contribution in [2.45, 2.75) is 17.7 Å². The van der Waals surface area contributed by atoms with Gasteiger partial charge in [-0.05, 0) is 49.4 Å². The molecule has 0 heterocycles. The van der Waals surface area contributed by atoms with Crippen molar-refractivity contribution < 1.29 is 0 Å². The summed E-state index contributed by atoms with van der Waals surface area (Å²) in [5, 5.41) is 0. The molecular weight excluding hydrogens is 246 g/mol. The lowest BCUT2D eigenvalue weighted by molar-refractivity contribution is 0.820. The maximum Gasteiger partial charge on any atom is 0.0178 e. The first kappa shape index (κ1) is 11.1. The maximum absolute atomic E-state index is 5.49. The van der Waals surface area contributed by atoms with Crippen LogP contribution in [0.5, 0.6) is 0 Å². The Morgan fingerprint density at radius 2 is 2.23 bits per heavy atom. The van der Waals surface area contributed by atoms with Crippen LogP contribution in [0.1, 0.15) is 12.0 Å². The van der Waals surface area contributed by atoms with Gasteiger partial charge in [-0.3, -0.25) is 0 Å². The summed E-state index contributed by atoms with van der Waals surface area (Å²) in [6, 6.07) is 6.42. The number of thioether (sulfide) groups is 1. The molecule has 0 radical (unpaired) electrons. The van der Waals surface area contributed by atoms with Crippen LogP contribution >= 0.6 is 27.7 Å². The van der Waals surface area contributed by atoms with Crippen molar-refractivity contribution in [3.8, 4) is 0 Å². The van der Waals surface area contributed by atoms with Gasteiger partial charge in [0.2, 0.25) is 0 Å². The summed E-state index contributed by atoms with van der Waals surface area (Å²) in [5.41, 5.74) is 6.88. The first-order valence-corrected chi connectivity index (χ1v) is 6.32. The van der Waals surface area contributed by atoms with Crippen molar-refractivity contribution >= 4 is 27.7 Å². The predicted molar refractivity (Wildman–Crippen MR) is 63.3 cm³/mol. The molecule has 0 atom stereocenters. The Labute approximate surface area is 92.2 Å². The first-order chi connectivity index (χ1) is 6.27. The molecule has 1 rings (SSSR count). The second-order valence-corrected chi connectivity index (χ2v) is 4.61. The molecule has 0 aromatic heterocycles. The van der Waals surface area contributed by atoms with E-state index < -0.39 is 0 Å². The first-order valence-electron chi connectivity index (χ1n) is 4.30. The third-order valence-electron chi connectivity index (χ3n) is 1.89. The fourth-order valence-electron chi connectivity index (χ4n) is 1.24. The van der Waals surface area contributed by atoms with Crippen LogP contribution in [0.4, 0.5) is 0 Å². The summed E-state index contributed by atoms with van der Waals surface area (Å²) in [6.07, 6.45) is 4.24. The number of halogens is 1. The molecule has 0 saturated carbocycles. The molecule has 1 aromatic rings. The molecule has 0 aliphatic heterocycles. The molecular formula is C10H14BrNS. The minimum atomic E-state index is 0.764. The summed E-state index contributed by atoms with van der Waals surface area (Å²) in [7, 11) is 0. The zero-order chi connectivity index (χ0) is 9.68. The molecule has 0 fully saturated rings. The Kier molecular flexibility index (Phi) is 4.84. The van der Waals surface area contributed by atoms with Crippen LogP contribution < -0.4 is 5.73 Å². The van der Waals surface area contributed by atoms with Crippen LogP contribution in [0, 0.1) is 0 Å². The van der Waals surface area contributed by atoms with Gasteiger partial charge < -0.3 is 5.73 Å². The fourth-order valence-corrected chi connectivity index (χ4v) is 2.27. The van der Waals surface area contributed by atoms with E-state index in [1.54, 1.807) is 11.8 Å². The smallest absolute Gasteiger partial charge is 0.0178 e. The molecule has 1 nitrogen and oxygen atoms in total. The molecule has 0 aliphatic rings. The average Bonchev–Trinajstić information content (AvgIpc) is 2.15. The molecule has 0 bridgehead atoms. The molecule has 0 spiro atoms. The van der Waals surface area contributed by atoms with Crippen LogP contribution in [0.3, 0.4) is 0 Å². The Bertz CT molecular complexity index is 276. The molecule has 2 N–H and O–H groups in total. The number of benzene rings is 1. The summed E-state index contributed by atoms with van der Waals surface area (Å²) in [6.45, 7) is 0.764. The zero-order valence-corrected chi connectivity index (χ0v) is 10.1. The Balaban J connectivity index is 2.81. The highest BCUT2D eigenvalue weighted by molar-refractivity contribution is 9.10. The highest BCUT2D eigenvalue weighted by Gasteiger charge is 2.01. The van der Waals surface area contributed by atoms with E-state index in [0.717, 1.165) is 23.9 Å². The largest absolute Gasteiger partial charge is 0.330 e. The standard InChI is InChI=1S/C10H14BrNS/c1-13-10-5-4-9(11)7-8(10)3-2-6-12/h4-5,7H,2-3,6,12H2,1H3. The van der Waals surface area contributed by atoms with E-state index in [0.29, 0.717) is 0 Å². The second kappa shape index (κ2) is 5.68. The molecule has 3 heteroatoms.